The molecule has 0 atom stereocenters. The lowest BCUT2D eigenvalue weighted by Crippen LogP contribution is -2.25. The Morgan fingerprint density at radius 1 is 1.22 bits per heavy atom. The predicted octanol–water partition coefficient (Wildman–Crippen LogP) is 2.82. The summed E-state index contributed by atoms with van der Waals surface area (Å²) in [7, 11) is -2.70. The first-order valence-electron chi connectivity index (χ1n) is 8.08. The number of nitrogens with zero attached hydrogens (tertiary/aromatic N) is 2. The Bertz CT molecular complexity index is 1210. The van der Waals surface area contributed by atoms with E-state index < -0.39 is 21.6 Å². The van der Waals surface area contributed by atoms with E-state index >= 15 is 0 Å². The Balaban J connectivity index is 2.45. The molecule has 0 aliphatic carbocycles. The minimum absolute atomic E-state index is 0.0295. The van der Waals surface area contributed by atoms with Gasteiger partial charge in [-0.1, -0.05) is 17.7 Å². The second-order valence-corrected chi connectivity index (χ2v) is 8.63. The molecule has 2 heterocycles. The molecule has 1 aromatic carbocycles. The Hall–Kier alpha value is -2.39. The van der Waals surface area contributed by atoms with Gasteiger partial charge in [0.05, 0.1) is 11.5 Å². The standard InChI is InChI=1S/C18H17BrN2O5S/c1-4-26-18(23)15-9-13-14(19)10-20(3)17(22)16(13)21(15)27(24,25)12-7-5-11(2)6-8-12/h5-10H,4H2,1-3H3. The number of benzene rings is 1. The van der Waals surface area contributed by atoms with Crippen molar-refractivity contribution in [3.63, 3.8) is 0 Å². The number of carbonyl (C=O) groups excluding carboxylic acids is 1. The molecular formula is C18H17BrN2O5S. The molecule has 0 saturated carbocycles. The minimum Gasteiger partial charge on any atom is -0.461 e. The molecule has 142 valence electrons. The number of pyridine rings is 1. The van der Waals surface area contributed by atoms with Crippen molar-refractivity contribution in [1.29, 1.82) is 0 Å². The molecular weight excluding hydrogens is 436 g/mol. The molecule has 0 spiro atoms. The SMILES string of the molecule is CCOC(=O)c1cc2c(Br)cn(C)c(=O)c2n1S(=O)(=O)c1ccc(C)cc1. The maximum Gasteiger partial charge on any atom is 0.356 e. The highest BCUT2D eigenvalue weighted by atomic mass is 79.9. The van der Waals surface area contributed by atoms with E-state index in [9.17, 15) is 18.0 Å². The molecule has 3 rings (SSSR count). The summed E-state index contributed by atoms with van der Waals surface area (Å²) in [5, 5.41) is 0.317. The van der Waals surface area contributed by atoms with Gasteiger partial charge in [0.25, 0.3) is 15.6 Å². The van der Waals surface area contributed by atoms with Gasteiger partial charge in [-0.15, -0.1) is 0 Å². The zero-order chi connectivity index (χ0) is 19.9. The summed E-state index contributed by atoms with van der Waals surface area (Å²) in [5.74, 6) is -0.821. The van der Waals surface area contributed by atoms with Crippen molar-refractivity contribution in [3.05, 3.63) is 62.6 Å². The Morgan fingerprint density at radius 3 is 2.44 bits per heavy atom. The summed E-state index contributed by atoms with van der Waals surface area (Å²) >= 11 is 3.33. The van der Waals surface area contributed by atoms with Crippen LogP contribution in [0.25, 0.3) is 10.9 Å². The summed E-state index contributed by atoms with van der Waals surface area (Å²) in [6, 6.07) is 7.53. The van der Waals surface area contributed by atoms with Crippen molar-refractivity contribution in [1.82, 2.24) is 8.54 Å². The van der Waals surface area contributed by atoms with Gasteiger partial charge in [-0.2, -0.15) is 0 Å². The van der Waals surface area contributed by atoms with Crippen LogP contribution in [0.3, 0.4) is 0 Å². The van der Waals surface area contributed by atoms with Gasteiger partial charge >= 0.3 is 5.97 Å². The molecule has 0 saturated heterocycles. The highest BCUT2D eigenvalue weighted by molar-refractivity contribution is 9.10. The van der Waals surface area contributed by atoms with E-state index in [1.165, 1.54) is 36.0 Å². The van der Waals surface area contributed by atoms with Gasteiger partial charge in [-0.25, -0.2) is 17.2 Å². The van der Waals surface area contributed by atoms with E-state index in [4.69, 9.17) is 4.74 Å². The number of fused-ring (bicyclic) bond motifs is 1. The van der Waals surface area contributed by atoms with Crippen molar-refractivity contribution >= 4 is 42.8 Å². The molecule has 7 nitrogen and oxygen atoms in total. The van der Waals surface area contributed by atoms with Gasteiger partial charge in [-0.05, 0) is 48.0 Å². The normalized spacial score (nSPS) is 11.7. The Morgan fingerprint density at radius 2 is 1.85 bits per heavy atom. The fourth-order valence-electron chi connectivity index (χ4n) is 2.76. The molecule has 0 radical (unpaired) electrons. The topological polar surface area (TPSA) is 87.4 Å². The van der Waals surface area contributed by atoms with Crippen LogP contribution in [-0.2, 0) is 21.8 Å². The maximum atomic E-state index is 13.3. The molecule has 0 aliphatic rings. The zero-order valence-corrected chi connectivity index (χ0v) is 17.3. The second kappa shape index (κ2) is 6.97. The van der Waals surface area contributed by atoms with Crippen molar-refractivity contribution in [3.8, 4) is 0 Å². The minimum atomic E-state index is -4.21. The molecule has 0 bridgehead atoms. The number of ether oxygens (including phenoxy) is 1. The Kier molecular flexibility index (Phi) is 5.00. The van der Waals surface area contributed by atoms with Gasteiger partial charge < -0.3 is 9.30 Å². The predicted molar refractivity (Wildman–Crippen MR) is 105 cm³/mol. The lowest BCUT2D eigenvalue weighted by atomic mass is 10.2. The van der Waals surface area contributed by atoms with E-state index in [-0.39, 0.29) is 22.7 Å². The van der Waals surface area contributed by atoms with Crippen LogP contribution >= 0.6 is 15.9 Å². The van der Waals surface area contributed by atoms with Crippen molar-refractivity contribution < 1.29 is 17.9 Å². The van der Waals surface area contributed by atoms with E-state index in [2.05, 4.69) is 15.9 Å². The number of aryl methyl sites for hydroxylation is 2. The van der Waals surface area contributed by atoms with Crippen LogP contribution in [-0.4, -0.2) is 29.5 Å². The van der Waals surface area contributed by atoms with Crippen LogP contribution in [0.5, 0.6) is 0 Å². The highest BCUT2D eigenvalue weighted by Crippen LogP contribution is 2.29. The third-order valence-corrected chi connectivity index (χ3v) is 6.45. The third-order valence-electron chi connectivity index (χ3n) is 4.09. The molecule has 0 amide bonds. The first-order valence-corrected chi connectivity index (χ1v) is 10.3. The number of hydrogen-bond acceptors (Lipinski definition) is 5. The molecule has 0 N–H and O–H groups in total. The quantitative estimate of drug-likeness (QED) is 0.567. The van der Waals surface area contributed by atoms with Crippen LogP contribution in [0.2, 0.25) is 0 Å². The van der Waals surface area contributed by atoms with Gasteiger partial charge in [0.1, 0.15) is 11.2 Å². The smallest absolute Gasteiger partial charge is 0.356 e. The lowest BCUT2D eigenvalue weighted by molar-refractivity contribution is 0.0518. The van der Waals surface area contributed by atoms with Crippen molar-refractivity contribution in [2.45, 2.75) is 18.7 Å². The fourth-order valence-corrected chi connectivity index (χ4v) is 4.86. The van der Waals surface area contributed by atoms with Gasteiger partial charge in [-0.3, -0.25) is 4.79 Å². The van der Waals surface area contributed by atoms with Gasteiger partial charge in [0.15, 0.2) is 0 Å². The van der Waals surface area contributed by atoms with E-state index in [1.807, 2.05) is 6.92 Å². The summed E-state index contributed by atoms with van der Waals surface area (Å²) in [5.41, 5.74) is 0.00181. The number of rotatable bonds is 4. The van der Waals surface area contributed by atoms with Crippen LogP contribution in [0, 0.1) is 6.92 Å². The largest absolute Gasteiger partial charge is 0.461 e. The molecule has 3 aromatic rings. The second-order valence-electron chi connectivity index (χ2n) is 5.99. The molecule has 0 aliphatic heterocycles. The average molecular weight is 453 g/mol. The zero-order valence-electron chi connectivity index (χ0n) is 14.9. The summed E-state index contributed by atoms with van der Waals surface area (Å²) in [6.07, 6.45) is 1.52. The molecule has 0 fully saturated rings. The van der Waals surface area contributed by atoms with Crippen molar-refractivity contribution in [2.24, 2.45) is 7.05 Å². The fraction of sp³-hybridized carbons (Fsp3) is 0.222. The monoisotopic (exact) mass is 452 g/mol. The number of aromatic nitrogens is 2. The number of esters is 1. The summed E-state index contributed by atoms with van der Waals surface area (Å²) in [6.45, 7) is 3.52. The molecule has 9 heteroatoms. The van der Waals surface area contributed by atoms with E-state index in [0.29, 0.717) is 9.86 Å². The van der Waals surface area contributed by atoms with Crippen molar-refractivity contribution in [2.75, 3.05) is 6.61 Å². The number of hydrogen-bond donors (Lipinski definition) is 0. The van der Waals surface area contributed by atoms with E-state index in [1.54, 1.807) is 19.1 Å². The first-order chi connectivity index (χ1) is 12.7. The average Bonchev–Trinajstić information content (AvgIpc) is 3.02. The number of halogens is 1. The lowest BCUT2D eigenvalue weighted by Gasteiger charge is -2.12. The maximum absolute atomic E-state index is 13.3. The first kappa shape index (κ1) is 19.4. The number of carbonyl (C=O) groups is 1. The molecule has 27 heavy (non-hydrogen) atoms. The van der Waals surface area contributed by atoms with Gasteiger partial charge in [0.2, 0.25) is 0 Å². The Labute approximate surface area is 164 Å². The van der Waals surface area contributed by atoms with Gasteiger partial charge in [0, 0.05) is 23.1 Å². The van der Waals surface area contributed by atoms with Crippen LogP contribution < -0.4 is 5.56 Å². The highest BCUT2D eigenvalue weighted by Gasteiger charge is 2.29. The van der Waals surface area contributed by atoms with E-state index in [0.717, 1.165) is 9.54 Å². The molecule has 2 aromatic heterocycles. The van der Waals surface area contributed by atoms with Crippen LogP contribution in [0.4, 0.5) is 0 Å². The van der Waals surface area contributed by atoms with Crippen LogP contribution in [0.15, 0.2) is 50.7 Å². The summed E-state index contributed by atoms with van der Waals surface area (Å²) in [4.78, 5) is 25.1. The molecule has 0 unspecified atom stereocenters. The third kappa shape index (κ3) is 3.21. The summed E-state index contributed by atoms with van der Waals surface area (Å²) < 4.78 is 34.2. The van der Waals surface area contributed by atoms with Crippen LogP contribution in [0.1, 0.15) is 23.0 Å².